The van der Waals surface area contributed by atoms with E-state index < -0.39 is 0 Å². The predicted octanol–water partition coefficient (Wildman–Crippen LogP) is 2.48. The Balaban J connectivity index is 2.84. The average molecular weight is 224 g/mol. The molecule has 1 atom stereocenters. The van der Waals surface area contributed by atoms with Crippen LogP contribution in [0.2, 0.25) is 0 Å². The zero-order valence-corrected chi connectivity index (χ0v) is 9.66. The second-order valence-corrected chi connectivity index (χ2v) is 4.00. The summed E-state index contributed by atoms with van der Waals surface area (Å²) < 4.78 is 12.9. The van der Waals surface area contributed by atoms with Gasteiger partial charge in [-0.15, -0.1) is 0 Å². The van der Waals surface area contributed by atoms with Gasteiger partial charge in [0.2, 0.25) is 0 Å². The van der Waals surface area contributed by atoms with E-state index in [2.05, 4.69) is 0 Å². The largest absolute Gasteiger partial charge is 0.392 e. The molecule has 0 saturated carbocycles. The zero-order chi connectivity index (χ0) is 12.1. The highest BCUT2D eigenvalue weighted by atomic mass is 19.1. The standard InChI is InChI=1S/C13H17FO2/c1-3-13(16)9(2)6-10-4-5-12(14)7-11(10)8-15/h4-5,7,9,15H,3,6,8H2,1-2H3. The summed E-state index contributed by atoms with van der Waals surface area (Å²) in [6.07, 6.45) is 1.07. The fourth-order valence-corrected chi connectivity index (χ4v) is 1.73. The fourth-order valence-electron chi connectivity index (χ4n) is 1.73. The van der Waals surface area contributed by atoms with Crippen LogP contribution in [0.15, 0.2) is 18.2 Å². The summed E-state index contributed by atoms with van der Waals surface area (Å²) in [6, 6.07) is 4.32. The Kier molecular flexibility index (Phi) is 4.62. The maximum Gasteiger partial charge on any atom is 0.135 e. The lowest BCUT2D eigenvalue weighted by Crippen LogP contribution is -2.13. The summed E-state index contributed by atoms with van der Waals surface area (Å²) in [5, 5.41) is 9.10. The smallest absolute Gasteiger partial charge is 0.135 e. The van der Waals surface area contributed by atoms with Gasteiger partial charge in [0.1, 0.15) is 11.6 Å². The van der Waals surface area contributed by atoms with Gasteiger partial charge in [0.25, 0.3) is 0 Å². The van der Waals surface area contributed by atoms with Crippen molar-refractivity contribution >= 4 is 5.78 Å². The minimum Gasteiger partial charge on any atom is -0.392 e. The van der Waals surface area contributed by atoms with Crippen molar-refractivity contribution in [2.24, 2.45) is 5.92 Å². The maximum atomic E-state index is 12.9. The Bertz CT molecular complexity index is 374. The minimum atomic E-state index is -0.359. The lowest BCUT2D eigenvalue weighted by molar-refractivity contribution is -0.122. The van der Waals surface area contributed by atoms with E-state index in [1.165, 1.54) is 12.1 Å². The van der Waals surface area contributed by atoms with Crippen molar-refractivity contribution in [2.75, 3.05) is 0 Å². The van der Waals surface area contributed by atoms with E-state index in [0.29, 0.717) is 18.4 Å². The fraction of sp³-hybridized carbons (Fsp3) is 0.462. The van der Waals surface area contributed by atoms with Gasteiger partial charge in [0, 0.05) is 12.3 Å². The molecule has 1 aromatic rings. The number of ketones is 1. The molecule has 0 aliphatic carbocycles. The Morgan fingerprint density at radius 1 is 1.44 bits per heavy atom. The highest BCUT2D eigenvalue weighted by Crippen LogP contribution is 2.17. The summed E-state index contributed by atoms with van der Waals surface area (Å²) >= 11 is 0. The van der Waals surface area contributed by atoms with E-state index in [1.54, 1.807) is 6.07 Å². The normalized spacial score (nSPS) is 12.5. The van der Waals surface area contributed by atoms with E-state index in [-0.39, 0.29) is 24.1 Å². The van der Waals surface area contributed by atoms with Gasteiger partial charge < -0.3 is 5.11 Å². The molecule has 0 aliphatic heterocycles. The Hall–Kier alpha value is -1.22. The number of hydrogen-bond acceptors (Lipinski definition) is 2. The second-order valence-electron chi connectivity index (χ2n) is 4.00. The van der Waals surface area contributed by atoms with Crippen LogP contribution in [-0.4, -0.2) is 10.9 Å². The average Bonchev–Trinajstić information content (AvgIpc) is 2.30. The molecule has 1 N–H and O–H groups in total. The van der Waals surface area contributed by atoms with E-state index in [1.807, 2.05) is 13.8 Å². The number of rotatable bonds is 5. The Morgan fingerprint density at radius 2 is 2.12 bits per heavy atom. The molecule has 16 heavy (non-hydrogen) atoms. The molecule has 0 fully saturated rings. The number of benzene rings is 1. The van der Waals surface area contributed by atoms with Gasteiger partial charge in [0.15, 0.2) is 0 Å². The SMILES string of the molecule is CCC(=O)C(C)Cc1ccc(F)cc1CO. The van der Waals surface area contributed by atoms with Crippen molar-refractivity contribution in [1.29, 1.82) is 0 Å². The highest BCUT2D eigenvalue weighted by molar-refractivity contribution is 5.80. The third-order valence-corrected chi connectivity index (χ3v) is 2.76. The van der Waals surface area contributed by atoms with E-state index in [9.17, 15) is 9.18 Å². The van der Waals surface area contributed by atoms with Crippen molar-refractivity contribution < 1.29 is 14.3 Å². The number of halogens is 1. The molecule has 0 heterocycles. The molecule has 0 amide bonds. The van der Waals surface area contributed by atoms with Gasteiger partial charge in [-0.25, -0.2) is 4.39 Å². The first kappa shape index (κ1) is 12.8. The number of hydrogen-bond donors (Lipinski definition) is 1. The first-order chi connectivity index (χ1) is 7.58. The number of carbonyl (C=O) groups excluding carboxylic acids is 1. The molecule has 1 aromatic carbocycles. The molecule has 1 unspecified atom stereocenters. The minimum absolute atomic E-state index is 0.0826. The summed E-state index contributed by atoms with van der Waals surface area (Å²) in [6.45, 7) is 3.49. The number of aliphatic hydroxyl groups excluding tert-OH is 1. The molecule has 1 rings (SSSR count). The topological polar surface area (TPSA) is 37.3 Å². The van der Waals surface area contributed by atoms with Crippen LogP contribution >= 0.6 is 0 Å². The number of carbonyl (C=O) groups is 1. The van der Waals surface area contributed by atoms with Crippen molar-refractivity contribution in [3.05, 3.63) is 35.1 Å². The molecule has 3 heteroatoms. The molecular formula is C13H17FO2. The Labute approximate surface area is 95.1 Å². The maximum absolute atomic E-state index is 12.9. The van der Waals surface area contributed by atoms with Gasteiger partial charge >= 0.3 is 0 Å². The summed E-state index contributed by atoms with van der Waals surface area (Å²) in [5.41, 5.74) is 1.41. The Morgan fingerprint density at radius 3 is 2.69 bits per heavy atom. The predicted molar refractivity (Wildman–Crippen MR) is 60.5 cm³/mol. The van der Waals surface area contributed by atoms with E-state index in [0.717, 1.165) is 5.56 Å². The lowest BCUT2D eigenvalue weighted by Gasteiger charge is -2.12. The van der Waals surface area contributed by atoms with Crippen LogP contribution in [0, 0.1) is 11.7 Å². The molecule has 0 spiro atoms. The van der Waals surface area contributed by atoms with Crippen molar-refractivity contribution in [3.8, 4) is 0 Å². The first-order valence-electron chi connectivity index (χ1n) is 5.49. The molecule has 0 aliphatic rings. The molecular weight excluding hydrogens is 207 g/mol. The van der Waals surface area contributed by atoms with E-state index >= 15 is 0 Å². The van der Waals surface area contributed by atoms with Crippen LogP contribution in [0.25, 0.3) is 0 Å². The molecule has 0 saturated heterocycles. The molecule has 0 radical (unpaired) electrons. The van der Waals surface area contributed by atoms with Crippen molar-refractivity contribution in [1.82, 2.24) is 0 Å². The van der Waals surface area contributed by atoms with Gasteiger partial charge in [-0.1, -0.05) is 19.9 Å². The molecule has 0 bridgehead atoms. The zero-order valence-electron chi connectivity index (χ0n) is 9.66. The highest BCUT2D eigenvalue weighted by Gasteiger charge is 2.13. The molecule has 0 aromatic heterocycles. The summed E-state index contributed by atoms with van der Waals surface area (Å²) in [7, 11) is 0. The lowest BCUT2D eigenvalue weighted by atomic mass is 9.93. The van der Waals surface area contributed by atoms with Crippen LogP contribution in [0.3, 0.4) is 0 Å². The third kappa shape index (κ3) is 3.14. The van der Waals surface area contributed by atoms with Crippen molar-refractivity contribution in [2.45, 2.75) is 33.3 Å². The van der Waals surface area contributed by atoms with Gasteiger partial charge in [-0.2, -0.15) is 0 Å². The van der Waals surface area contributed by atoms with Gasteiger partial charge in [-0.05, 0) is 29.7 Å². The quantitative estimate of drug-likeness (QED) is 0.834. The monoisotopic (exact) mass is 224 g/mol. The van der Waals surface area contributed by atoms with Gasteiger partial charge in [0.05, 0.1) is 6.61 Å². The van der Waals surface area contributed by atoms with Crippen LogP contribution < -0.4 is 0 Å². The van der Waals surface area contributed by atoms with Crippen molar-refractivity contribution in [3.63, 3.8) is 0 Å². The number of Topliss-reactive ketones (excluding diaryl/α,β-unsaturated/α-hetero) is 1. The van der Waals surface area contributed by atoms with Gasteiger partial charge in [-0.3, -0.25) is 4.79 Å². The molecule has 2 nitrogen and oxygen atoms in total. The number of aliphatic hydroxyl groups is 1. The van der Waals surface area contributed by atoms with Crippen LogP contribution in [-0.2, 0) is 17.8 Å². The van der Waals surface area contributed by atoms with Crippen LogP contribution in [0.1, 0.15) is 31.4 Å². The second kappa shape index (κ2) is 5.75. The van der Waals surface area contributed by atoms with E-state index in [4.69, 9.17) is 5.11 Å². The third-order valence-electron chi connectivity index (χ3n) is 2.76. The van der Waals surface area contributed by atoms with Crippen LogP contribution in [0.4, 0.5) is 4.39 Å². The van der Waals surface area contributed by atoms with Crippen LogP contribution in [0.5, 0.6) is 0 Å². The molecule has 88 valence electrons. The summed E-state index contributed by atoms with van der Waals surface area (Å²) in [4.78, 5) is 11.4. The first-order valence-corrected chi connectivity index (χ1v) is 5.49. The summed E-state index contributed by atoms with van der Waals surface area (Å²) in [5.74, 6) is -0.253.